The van der Waals surface area contributed by atoms with Gasteiger partial charge in [0.15, 0.2) is 0 Å². The van der Waals surface area contributed by atoms with Gasteiger partial charge in [0.1, 0.15) is 0 Å². The molecule has 2 amide bonds. The fourth-order valence-electron chi connectivity index (χ4n) is 2.91. The normalized spacial score (nSPS) is 11.3. The van der Waals surface area contributed by atoms with Crippen LogP contribution in [0.1, 0.15) is 31.8 Å². The van der Waals surface area contributed by atoms with Crippen molar-refractivity contribution in [2.45, 2.75) is 18.4 Å². The summed E-state index contributed by atoms with van der Waals surface area (Å²) >= 11 is 0. The molecule has 0 saturated heterocycles. The molecule has 0 radical (unpaired) electrons. The average molecular weight is 438 g/mol. The predicted octanol–water partition coefficient (Wildman–Crippen LogP) is 3.17. The van der Waals surface area contributed by atoms with E-state index in [0.29, 0.717) is 16.8 Å². The van der Waals surface area contributed by atoms with Gasteiger partial charge in [0.05, 0.1) is 4.90 Å². The van der Waals surface area contributed by atoms with E-state index in [-0.39, 0.29) is 17.3 Å². The molecule has 0 aliphatic heterocycles. The summed E-state index contributed by atoms with van der Waals surface area (Å²) in [5.41, 5.74) is 8.25. The number of primary amides is 1. The van der Waals surface area contributed by atoms with E-state index in [1.54, 1.807) is 60.7 Å². The van der Waals surface area contributed by atoms with Crippen LogP contribution in [0.3, 0.4) is 0 Å². The zero-order valence-corrected chi connectivity index (χ0v) is 18.0. The largest absolute Gasteiger partial charge is 0.366 e. The maximum atomic E-state index is 12.7. The molecular weight excluding hydrogens is 414 g/mol. The Morgan fingerprint density at radius 2 is 1.42 bits per heavy atom. The van der Waals surface area contributed by atoms with E-state index >= 15 is 0 Å². The van der Waals surface area contributed by atoms with Crippen molar-refractivity contribution in [1.82, 2.24) is 4.31 Å². The summed E-state index contributed by atoms with van der Waals surface area (Å²) in [4.78, 5) is 23.8. The van der Waals surface area contributed by atoms with Crippen LogP contribution in [0.5, 0.6) is 0 Å². The van der Waals surface area contributed by atoms with Gasteiger partial charge in [0, 0.05) is 30.4 Å². The molecule has 31 heavy (non-hydrogen) atoms. The third kappa shape index (κ3) is 5.36. The smallest absolute Gasteiger partial charge is 0.255 e. The van der Waals surface area contributed by atoms with E-state index in [2.05, 4.69) is 5.32 Å². The monoisotopic (exact) mass is 437 g/mol. The van der Waals surface area contributed by atoms with E-state index < -0.39 is 15.9 Å². The zero-order valence-electron chi connectivity index (χ0n) is 17.2. The van der Waals surface area contributed by atoms with Gasteiger partial charge in [-0.15, -0.1) is 0 Å². The van der Waals surface area contributed by atoms with Crippen molar-refractivity contribution in [3.8, 4) is 0 Å². The molecule has 7 nitrogen and oxygen atoms in total. The van der Waals surface area contributed by atoms with Crippen LogP contribution in [-0.4, -0.2) is 31.6 Å². The summed E-state index contributed by atoms with van der Waals surface area (Å²) in [6, 6.07) is 19.6. The number of benzene rings is 3. The summed E-state index contributed by atoms with van der Waals surface area (Å²) < 4.78 is 26.7. The first-order valence-corrected chi connectivity index (χ1v) is 10.9. The molecule has 0 heterocycles. The van der Waals surface area contributed by atoms with Crippen LogP contribution in [-0.2, 0) is 16.6 Å². The first-order chi connectivity index (χ1) is 14.7. The van der Waals surface area contributed by atoms with Crippen LogP contribution < -0.4 is 11.1 Å². The highest BCUT2D eigenvalue weighted by molar-refractivity contribution is 7.89. The Hall–Kier alpha value is -3.49. The highest BCUT2D eigenvalue weighted by atomic mass is 32.2. The molecule has 0 atom stereocenters. The number of aryl methyl sites for hydroxylation is 1. The maximum Gasteiger partial charge on any atom is 0.255 e. The second-order valence-corrected chi connectivity index (χ2v) is 9.21. The van der Waals surface area contributed by atoms with E-state index in [1.165, 1.54) is 23.5 Å². The predicted molar refractivity (Wildman–Crippen MR) is 119 cm³/mol. The van der Waals surface area contributed by atoms with Crippen LogP contribution in [0.4, 0.5) is 5.69 Å². The fraction of sp³-hybridized carbons (Fsp3) is 0.130. The number of nitrogens with zero attached hydrogens (tertiary/aromatic N) is 1. The lowest BCUT2D eigenvalue weighted by atomic mass is 10.1. The van der Waals surface area contributed by atoms with Crippen LogP contribution >= 0.6 is 0 Å². The molecule has 0 aliphatic rings. The number of anilines is 1. The minimum atomic E-state index is -3.61. The summed E-state index contributed by atoms with van der Waals surface area (Å²) in [5, 5.41) is 2.74. The van der Waals surface area contributed by atoms with E-state index in [0.717, 1.165) is 11.1 Å². The summed E-state index contributed by atoms with van der Waals surface area (Å²) in [6.45, 7) is 2.07. The van der Waals surface area contributed by atoms with E-state index in [9.17, 15) is 18.0 Å². The van der Waals surface area contributed by atoms with Gasteiger partial charge in [-0.3, -0.25) is 9.59 Å². The van der Waals surface area contributed by atoms with Crippen molar-refractivity contribution in [3.63, 3.8) is 0 Å². The molecule has 160 valence electrons. The van der Waals surface area contributed by atoms with Gasteiger partial charge in [-0.2, -0.15) is 4.31 Å². The third-order valence-electron chi connectivity index (χ3n) is 4.78. The summed E-state index contributed by atoms with van der Waals surface area (Å²) in [5.74, 6) is -0.859. The maximum absolute atomic E-state index is 12.7. The molecule has 0 spiro atoms. The topological polar surface area (TPSA) is 110 Å². The van der Waals surface area contributed by atoms with Gasteiger partial charge in [0.25, 0.3) is 5.91 Å². The average Bonchev–Trinajstić information content (AvgIpc) is 2.75. The Morgan fingerprint density at radius 3 is 1.97 bits per heavy atom. The highest BCUT2D eigenvalue weighted by Gasteiger charge is 2.20. The Morgan fingerprint density at radius 1 is 0.871 bits per heavy atom. The number of nitrogens with two attached hydrogens (primary N) is 1. The molecule has 0 aliphatic carbocycles. The summed E-state index contributed by atoms with van der Waals surface area (Å²) in [6.07, 6.45) is 0. The molecule has 0 saturated carbocycles. The number of hydrogen-bond acceptors (Lipinski definition) is 4. The quantitative estimate of drug-likeness (QED) is 0.592. The minimum Gasteiger partial charge on any atom is -0.366 e. The second kappa shape index (κ2) is 9.11. The summed E-state index contributed by atoms with van der Waals surface area (Å²) in [7, 11) is -2.09. The first-order valence-electron chi connectivity index (χ1n) is 9.50. The zero-order chi connectivity index (χ0) is 22.6. The molecule has 0 fully saturated rings. The molecule has 3 aromatic carbocycles. The van der Waals surface area contributed by atoms with Crippen molar-refractivity contribution >= 4 is 27.5 Å². The van der Waals surface area contributed by atoms with E-state index in [1.807, 2.05) is 6.92 Å². The van der Waals surface area contributed by atoms with Gasteiger partial charge in [0.2, 0.25) is 15.9 Å². The lowest BCUT2D eigenvalue weighted by Crippen LogP contribution is -2.26. The van der Waals surface area contributed by atoms with Crippen molar-refractivity contribution in [3.05, 3.63) is 95.1 Å². The molecule has 0 bridgehead atoms. The van der Waals surface area contributed by atoms with Crippen LogP contribution in [0.15, 0.2) is 77.7 Å². The SMILES string of the molecule is Cc1ccc(S(=O)(=O)N(C)Cc2ccc(C(=O)Nc3ccc(C(N)=O)cc3)cc2)cc1. The van der Waals surface area contributed by atoms with Crippen LogP contribution in [0, 0.1) is 6.92 Å². The number of nitrogens with one attached hydrogen (secondary N) is 1. The molecule has 3 N–H and O–H groups in total. The Kier molecular flexibility index (Phi) is 6.53. The Balaban J connectivity index is 1.65. The van der Waals surface area contributed by atoms with Crippen molar-refractivity contribution in [2.24, 2.45) is 5.73 Å². The van der Waals surface area contributed by atoms with E-state index in [4.69, 9.17) is 5.73 Å². The first kappa shape index (κ1) is 22.2. The van der Waals surface area contributed by atoms with Crippen molar-refractivity contribution in [1.29, 1.82) is 0 Å². The molecule has 3 rings (SSSR count). The van der Waals surface area contributed by atoms with Gasteiger partial charge in [-0.25, -0.2) is 8.42 Å². The Labute approximate surface area is 181 Å². The molecule has 3 aromatic rings. The number of carbonyl (C=O) groups excluding carboxylic acids is 2. The molecule has 0 unspecified atom stereocenters. The van der Waals surface area contributed by atoms with Crippen molar-refractivity contribution < 1.29 is 18.0 Å². The molecule has 0 aromatic heterocycles. The fourth-order valence-corrected chi connectivity index (χ4v) is 4.07. The molecule has 8 heteroatoms. The number of hydrogen-bond donors (Lipinski definition) is 2. The van der Waals surface area contributed by atoms with Gasteiger partial charge < -0.3 is 11.1 Å². The van der Waals surface area contributed by atoms with Gasteiger partial charge in [-0.05, 0) is 61.0 Å². The van der Waals surface area contributed by atoms with Crippen molar-refractivity contribution in [2.75, 3.05) is 12.4 Å². The lowest BCUT2D eigenvalue weighted by molar-refractivity contribution is 0.0998. The highest BCUT2D eigenvalue weighted by Crippen LogP contribution is 2.18. The molecular formula is C23H23N3O4S. The third-order valence-corrected chi connectivity index (χ3v) is 6.60. The number of sulfonamides is 1. The van der Waals surface area contributed by atoms with Gasteiger partial charge in [-0.1, -0.05) is 29.8 Å². The lowest BCUT2D eigenvalue weighted by Gasteiger charge is -2.17. The number of rotatable bonds is 7. The van der Waals surface area contributed by atoms with Crippen LogP contribution in [0.25, 0.3) is 0 Å². The van der Waals surface area contributed by atoms with Crippen LogP contribution in [0.2, 0.25) is 0 Å². The number of amides is 2. The number of carbonyl (C=O) groups is 2. The minimum absolute atomic E-state index is 0.173. The van der Waals surface area contributed by atoms with Gasteiger partial charge >= 0.3 is 0 Å². The Bertz CT molecular complexity index is 1190. The standard InChI is InChI=1S/C23H23N3O4S/c1-16-3-13-21(14-4-16)31(29,30)26(2)15-17-5-7-19(8-6-17)23(28)25-20-11-9-18(10-12-20)22(24)27/h3-14H,15H2,1-2H3,(H2,24,27)(H,25,28). The second-order valence-electron chi connectivity index (χ2n) is 7.17.